The fourth-order valence-corrected chi connectivity index (χ4v) is 3.30. The van der Waals surface area contributed by atoms with E-state index in [4.69, 9.17) is 0 Å². The number of nitrogens with zero attached hydrogens (tertiary/aromatic N) is 4. The predicted molar refractivity (Wildman–Crippen MR) is 92.7 cm³/mol. The summed E-state index contributed by atoms with van der Waals surface area (Å²) in [7, 11) is 3.83. The van der Waals surface area contributed by atoms with Crippen LogP contribution in [-0.4, -0.2) is 31.0 Å². The number of aromatic nitrogens is 4. The maximum Gasteiger partial charge on any atom is 0.234 e. The van der Waals surface area contributed by atoms with Crippen molar-refractivity contribution in [3.05, 3.63) is 35.7 Å². The summed E-state index contributed by atoms with van der Waals surface area (Å²) in [6.07, 6.45) is 0. The number of nitrogens with one attached hydrogen (secondary N) is 1. The average molecular weight is 329 g/mol. The number of benzene rings is 1. The Kier molecular flexibility index (Phi) is 4.12. The van der Waals surface area contributed by atoms with Crippen LogP contribution in [-0.2, 0) is 18.9 Å². The minimum Gasteiger partial charge on any atom is -0.322 e. The Morgan fingerprint density at radius 1 is 1.26 bits per heavy atom. The van der Waals surface area contributed by atoms with E-state index in [-0.39, 0.29) is 5.91 Å². The van der Waals surface area contributed by atoms with Crippen LogP contribution in [0.15, 0.2) is 29.4 Å². The van der Waals surface area contributed by atoms with E-state index in [0.29, 0.717) is 5.75 Å². The maximum atomic E-state index is 12.2. The van der Waals surface area contributed by atoms with Gasteiger partial charge in [-0.15, -0.1) is 0 Å². The third-order valence-electron chi connectivity index (χ3n) is 3.85. The van der Waals surface area contributed by atoms with E-state index in [9.17, 15) is 4.79 Å². The Morgan fingerprint density at radius 3 is 2.65 bits per heavy atom. The van der Waals surface area contributed by atoms with Gasteiger partial charge in [0.2, 0.25) is 5.91 Å². The Bertz CT molecular complexity index is 880. The highest BCUT2D eigenvalue weighted by atomic mass is 32.2. The van der Waals surface area contributed by atoms with Crippen LogP contribution in [0.25, 0.3) is 11.0 Å². The van der Waals surface area contributed by atoms with Crippen molar-refractivity contribution < 1.29 is 4.79 Å². The van der Waals surface area contributed by atoms with E-state index in [1.165, 1.54) is 11.8 Å². The first-order chi connectivity index (χ1) is 11.0. The summed E-state index contributed by atoms with van der Waals surface area (Å²) in [5, 5.41) is 8.08. The number of thioether (sulfide) groups is 1. The number of imidazole rings is 1. The van der Waals surface area contributed by atoms with Gasteiger partial charge in [-0.1, -0.05) is 23.9 Å². The molecule has 0 fully saturated rings. The van der Waals surface area contributed by atoms with Crippen LogP contribution in [0.4, 0.5) is 5.69 Å². The van der Waals surface area contributed by atoms with E-state index in [2.05, 4.69) is 15.4 Å². The summed E-state index contributed by atoms with van der Waals surface area (Å²) in [6.45, 7) is 3.83. The van der Waals surface area contributed by atoms with E-state index in [1.54, 1.807) is 4.68 Å². The molecule has 0 saturated heterocycles. The first kappa shape index (κ1) is 15.6. The minimum atomic E-state index is -0.0544. The molecule has 3 aromatic rings. The molecule has 0 spiro atoms. The molecule has 2 heterocycles. The van der Waals surface area contributed by atoms with Crippen molar-refractivity contribution in [3.8, 4) is 0 Å². The first-order valence-electron chi connectivity index (χ1n) is 7.31. The van der Waals surface area contributed by atoms with Gasteiger partial charge in [-0.3, -0.25) is 9.48 Å². The van der Waals surface area contributed by atoms with Crippen molar-refractivity contribution in [1.82, 2.24) is 19.3 Å². The molecule has 2 aromatic heterocycles. The maximum absolute atomic E-state index is 12.2. The van der Waals surface area contributed by atoms with E-state index in [1.807, 2.05) is 56.8 Å². The molecule has 1 amide bonds. The number of rotatable bonds is 4. The second-order valence-electron chi connectivity index (χ2n) is 5.45. The fraction of sp³-hybridized carbons (Fsp3) is 0.312. The van der Waals surface area contributed by atoms with Gasteiger partial charge in [0.25, 0.3) is 0 Å². The van der Waals surface area contributed by atoms with Crippen LogP contribution < -0.4 is 5.32 Å². The number of hydrogen-bond donors (Lipinski definition) is 1. The summed E-state index contributed by atoms with van der Waals surface area (Å²) in [6, 6.07) is 7.94. The van der Waals surface area contributed by atoms with Crippen molar-refractivity contribution in [2.24, 2.45) is 14.1 Å². The van der Waals surface area contributed by atoms with Gasteiger partial charge in [0.15, 0.2) is 5.16 Å². The van der Waals surface area contributed by atoms with Gasteiger partial charge >= 0.3 is 0 Å². The number of fused-ring (bicyclic) bond motifs is 1. The van der Waals surface area contributed by atoms with Crippen molar-refractivity contribution in [3.63, 3.8) is 0 Å². The third kappa shape index (κ3) is 2.96. The lowest BCUT2D eigenvalue weighted by atomic mass is 10.3. The predicted octanol–water partition coefficient (Wildman–Crippen LogP) is 2.65. The van der Waals surface area contributed by atoms with Crippen LogP contribution in [0.2, 0.25) is 0 Å². The molecule has 7 heteroatoms. The fourth-order valence-electron chi connectivity index (χ4n) is 2.51. The van der Waals surface area contributed by atoms with E-state index < -0.39 is 0 Å². The van der Waals surface area contributed by atoms with Crippen molar-refractivity contribution in [1.29, 1.82) is 0 Å². The minimum absolute atomic E-state index is 0.0544. The molecule has 1 N–H and O–H groups in total. The normalized spacial score (nSPS) is 11.1. The highest BCUT2D eigenvalue weighted by molar-refractivity contribution is 7.99. The summed E-state index contributed by atoms with van der Waals surface area (Å²) in [5.41, 5.74) is 4.57. The van der Waals surface area contributed by atoms with Gasteiger partial charge in [0.05, 0.1) is 33.9 Å². The lowest BCUT2D eigenvalue weighted by molar-refractivity contribution is -0.113. The van der Waals surface area contributed by atoms with Crippen LogP contribution in [0.5, 0.6) is 0 Å². The largest absolute Gasteiger partial charge is 0.322 e. The molecule has 0 atom stereocenters. The van der Waals surface area contributed by atoms with Crippen LogP contribution in [0.1, 0.15) is 11.4 Å². The second kappa shape index (κ2) is 6.08. The molecule has 0 bridgehead atoms. The Morgan fingerprint density at radius 2 is 2.00 bits per heavy atom. The number of carbonyl (C=O) groups excluding carboxylic acids is 1. The molecule has 23 heavy (non-hydrogen) atoms. The van der Waals surface area contributed by atoms with Gasteiger partial charge < -0.3 is 9.88 Å². The molecule has 0 radical (unpaired) electrons. The van der Waals surface area contributed by atoms with Gasteiger partial charge in [-0.25, -0.2) is 4.98 Å². The number of amides is 1. The zero-order valence-electron chi connectivity index (χ0n) is 13.6. The molecule has 6 nitrogen and oxygen atoms in total. The molecule has 0 aliphatic rings. The number of aryl methyl sites for hydroxylation is 3. The SMILES string of the molecule is Cc1nn(C)c(C)c1NC(=O)CSc1nc2ccccc2n1C. The number of hydrogen-bond acceptors (Lipinski definition) is 4. The van der Waals surface area contributed by atoms with Crippen LogP contribution in [0, 0.1) is 13.8 Å². The lowest BCUT2D eigenvalue weighted by Gasteiger charge is -2.05. The molecule has 0 aliphatic carbocycles. The summed E-state index contributed by atoms with van der Waals surface area (Å²) < 4.78 is 3.78. The topological polar surface area (TPSA) is 64.7 Å². The summed E-state index contributed by atoms with van der Waals surface area (Å²) >= 11 is 1.43. The standard InChI is InChI=1S/C16H19N5OS/c1-10-15(11(2)21(4)19-10)18-14(22)9-23-16-17-12-7-5-6-8-13(12)20(16)3/h5-8H,9H2,1-4H3,(H,18,22). The molecule has 1 aromatic carbocycles. The molecule has 0 aliphatic heterocycles. The molecule has 0 unspecified atom stereocenters. The highest BCUT2D eigenvalue weighted by Crippen LogP contribution is 2.23. The van der Waals surface area contributed by atoms with Crippen LogP contribution in [0.3, 0.4) is 0 Å². The Balaban J connectivity index is 1.70. The zero-order valence-corrected chi connectivity index (χ0v) is 14.4. The third-order valence-corrected chi connectivity index (χ3v) is 4.88. The number of anilines is 1. The Hall–Kier alpha value is -2.28. The Labute approximate surface area is 138 Å². The van der Waals surface area contributed by atoms with Gasteiger partial charge in [-0.05, 0) is 26.0 Å². The van der Waals surface area contributed by atoms with Gasteiger partial charge in [-0.2, -0.15) is 5.10 Å². The summed E-state index contributed by atoms with van der Waals surface area (Å²) in [5.74, 6) is 0.256. The molecular formula is C16H19N5OS. The average Bonchev–Trinajstić information content (AvgIpc) is 2.97. The lowest BCUT2D eigenvalue weighted by Crippen LogP contribution is -2.15. The summed E-state index contributed by atoms with van der Waals surface area (Å²) in [4.78, 5) is 16.8. The van der Waals surface area contributed by atoms with Crippen LogP contribution >= 0.6 is 11.8 Å². The molecule has 120 valence electrons. The first-order valence-corrected chi connectivity index (χ1v) is 8.30. The van der Waals surface area contributed by atoms with Gasteiger partial charge in [0.1, 0.15) is 0 Å². The molecular weight excluding hydrogens is 310 g/mol. The number of para-hydroxylation sites is 2. The van der Waals surface area contributed by atoms with E-state index in [0.717, 1.165) is 33.3 Å². The highest BCUT2D eigenvalue weighted by Gasteiger charge is 2.14. The monoisotopic (exact) mass is 329 g/mol. The molecule has 0 saturated carbocycles. The smallest absolute Gasteiger partial charge is 0.234 e. The zero-order chi connectivity index (χ0) is 16.6. The molecule has 3 rings (SSSR count). The van der Waals surface area contributed by atoms with Crippen molar-refractivity contribution in [2.75, 3.05) is 11.1 Å². The second-order valence-corrected chi connectivity index (χ2v) is 6.39. The van der Waals surface area contributed by atoms with Gasteiger partial charge in [0, 0.05) is 14.1 Å². The van der Waals surface area contributed by atoms with Crippen molar-refractivity contribution >= 4 is 34.4 Å². The van der Waals surface area contributed by atoms with E-state index >= 15 is 0 Å². The number of carbonyl (C=O) groups is 1. The van der Waals surface area contributed by atoms with Crippen molar-refractivity contribution in [2.45, 2.75) is 19.0 Å². The quantitative estimate of drug-likeness (QED) is 0.747.